The van der Waals surface area contributed by atoms with Crippen LogP contribution in [-0.2, 0) is 17.8 Å². The van der Waals surface area contributed by atoms with Crippen molar-refractivity contribution in [3.05, 3.63) is 95.4 Å². The lowest BCUT2D eigenvalue weighted by Crippen LogP contribution is -2.44. The minimum atomic E-state index is -0.324. The zero-order valence-electron chi connectivity index (χ0n) is 22.2. The summed E-state index contributed by atoms with van der Waals surface area (Å²) in [6.07, 6.45) is 4.32. The van der Waals surface area contributed by atoms with Crippen molar-refractivity contribution in [3.63, 3.8) is 0 Å². The fraction of sp³-hybridized carbons (Fsp3) is 0.290. The normalized spacial score (nSPS) is 12.8. The number of hydrogen-bond donors (Lipinski definition) is 1. The number of carbonyl (C=O) groups excluding carboxylic acids is 2. The highest BCUT2D eigenvalue weighted by Gasteiger charge is 2.35. The third-order valence-corrected chi connectivity index (χ3v) is 7.12. The Morgan fingerprint density at radius 1 is 0.974 bits per heavy atom. The molecule has 1 heterocycles. The molecular formula is C31H32FN3O4. The second-order valence-corrected chi connectivity index (χ2v) is 9.82. The Hall–Kier alpha value is -4.33. The van der Waals surface area contributed by atoms with E-state index < -0.39 is 0 Å². The zero-order chi connectivity index (χ0) is 27.4. The third-order valence-electron chi connectivity index (χ3n) is 7.12. The van der Waals surface area contributed by atoms with Crippen LogP contribution in [0, 0.1) is 5.82 Å². The molecule has 0 atom stereocenters. The molecule has 1 saturated carbocycles. The number of H-pyrrole nitrogens is 1. The molecule has 0 saturated heterocycles. The number of carbonyl (C=O) groups is 2. The number of ether oxygens (including phenoxy) is 2. The number of rotatable bonds is 11. The van der Waals surface area contributed by atoms with Gasteiger partial charge < -0.3 is 24.3 Å². The van der Waals surface area contributed by atoms with E-state index in [1.807, 2.05) is 24.4 Å². The van der Waals surface area contributed by atoms with Crippen molar-refractivity contribution in [2.24, 2.45) is 0 Å². The first-order valence-corrected chi connectivity index (χ1v) is 13.1. The number of hydrogen-bond acceptors (Lipinski definition) is 4. The van der Waals surface area contributed by atoms with Crippen molar-refractivity contribution in [2.75, 3.05) is 27.3 Å². The standard InChI is InChI=1S/C31H32FN3O4/c1-38-26-15-23(16-27(17-26)39-2)31(37)35(25-11-12-25)20-30(36)34(19-21-7-9-24(32)10-8-21)14-13-22-18-33-29-6-4-3-5-28(22)29/h3-10,15-18,25,33H,11-14,19-20H2,1-2H3. The molecule has 2 amide bonds. The number of methoxy groups -OCH3 is 2. The molecule has 5 rings (SSSR count). The molecule has 1 aromatic heterocycles. The van der Waals surface area contributed by atoms with Gasteiger partial charge >= 0.3 is 0 Å². The number of amides is 2. The van der Waals surface area contributed by atoms with Crippen LogP contribution in [0.2, 0.25) is 0 Å². The first-order chi connectivity index (χ1) is 18.9. The van der Waals surface area contributed by atoms with E-state index in [4.69, 9.17) is 9.47 Å². The van der Waals surface area contributed by atoms with Crippen LogP contribution in [0.3, 0.4) is 0 Å². The molecule has 1 fully saturated rings. The van der Waals surface area contributed by atoms with Gasteiger partial charge in [0.25, 0.3) is 5.91 Å². The molecule has 0 aliphatic heterocycles. The second-order valence-electron chi connectivity index (χ2n) is 9.82. The van der Waals surface area contributed by atoms with Crippen molar-refractivity contribution in [1.29, 1.82) is 0 Å². The number of aromatic nitrogens is 1. The van der Waals surface area contributed by atoms with Crippen molar-refractivity contribution in [3.8, 4) is 11.5 Å². The van der Waals surface area contributed by atoms with Crippen molar-refractivity contribution >= 4 is 22.7 Å². The Morgan fingerprint density at radius 2 is 1.67 bits per heavy atom. The third kappa shape index (κ3) is 6.22. The first-order valence-electron chi connectivity index (χ1n) is 13.1. The molecule has 0 spiro atoms. The first kappa shape index (κ1) is 26.3. The molecule has 0 radical (unpaired) electrons. The van der Waals surface area contributed by atoms with E-state index in [-0.39, 0.29) is 30.2 Å². The van der Waals surface area contributed by atoms with Crippen LogP contribution in [0.5, 0.6) is 11.5 Å². The van der Waals surface area contributed by atoms with E-state index in [2.05, 4.69) is 11.1 Å². The Labute approximate surface area is 227 Å². The van der Waals surface area contributed by atoms with E-state index >= 15 is 0 Å². The molecule has 0 bridgehead atoms. The molecule has 39 heavy (non-hydrogen) atoms. The van der Waals surface area contributed by atoms with Crippen LogP contribution in [-0.4, -0.2) is 59.9 Å². The number of aromatic amines is 1. The van der Waals surface area contributed by atoms with E-state index in [1.165, 1.54) is 26.4 Å². The summed E-state index contributed by atoms with van der Waals surface area (Å²) in [6.45, 7) is 0.733. The molecule has 1 aliphatic carbocycles. The maximum atomic E-state index is 13.8. The Balaban J connectivity index is 1.37. The number of nitrogens with zero attached hydrogens (tertiary/aromatic N) is 2. The molecule has 3 aromatic carbocycles. The van der Waals surface area contributed by atoms with Crippen LogP contribution in [0.4, 0.5) is 4.39 Å². The van der Waals surface area contributed by atoms with Gasteiger partial charge in [-0.2, -0.15) is 0 Å². The van der Waals surface area contributed by atoms with Gasteiger partial charge in [-0.3, -0.25) is 9.59 Å². The summed E-state index contributed by atoms with van der Waals surface area (Å²) in [4.78, 5) is 34.1. The van der Waals surface area contributed by atoms with Gasteiger partial charge in [0.15, 0.2) is 0 Å². The number of benzene rings is 3. The maximum Gasteiger partial charge on any atom is 0.254 e. The summed E-state index contributed by atoms with van der Waals surface area (Å²) in [5.74, 6) is 0.304. The fourth-order valence-electron chi connectivity index (χ4n) is 4.79. The van der Waals surface area contributed by atoms with Crippen LogP contribution in [0.25, 0.3) is 10.9 Å². The monoisotopic (exact) mass is 529 g/mol. The average molecular weight is 530 g/mol. The lowest BCUT2D eigenvalue weighted by atomic mass is 10.1. The number of halogens is 1. The van der Waals surface area contributed by atoms with Gasteiger partial charge in [-0.25, -0.2) is 4.39 Å². The summed E-state index contributed by atoms with van der Waals surface area (Å²) in [7, 11) is 3.07. The van der Waals surface area contributed by atoms with Crippen LogP contribution in [0.15, 0.2) is 72.9 Å². The predicted octanol–water partition coefficient (Wildman–Crippen LogP) is 5.20. The van der Waals surface area contributed by atoms with Gasteiger partial charge in [0, 0.05) is 47.9 Å². The summed E-state index contributed by atoms with van der Waals surface area (Å²) < 4.78 is 24.2. The molecule has 1 aliphatic rings. The smallest absolute Gasteiger partial charge is 0.254 e. The minimum absolute atomic E-state index is 0.0138. The number of para-hydroxylation sites is 1. The Morgan fingerprint density at radius 3 is 2.33 bits per heavy atom. The van der Waals surface area contributed by atoms with E-state index in [0.29, 0.717) is 36.6 Å². The lowest BCUT2D eigenvalue weighted by Gasteiger charge is -2.28. The highest BCUT2D eigenvalue weighted by molar-refractivity contribution is 5.97. The molecular weight excluding hydrogens is 497 g/mol. The summed E-state index contributed by atoms with van der Waals surface area (Å²) in [5.41, 5.74) is 3.39. The summed E-state index contributed by atoms with van der Waals surface area (Å²) in [5, 5.41) is 1.12. The van der Waals surface area contributed by atoms with Gasteiger partial charge in [-0.15, -0.1) is 0 Å². The average Bonchev–Trinajstić information content (AvgIpc) is 3.73. The summed E-state index contributed by atoms with van der Waals surface area (Å²) in [6, 6.07) is 19.3. The summed E-state index contributed by atoms with van der Waals surface area (Å²) >= 11 is 0. The minimum Gasteiger partial charge on any atom is -0.497 e. The number of nitrogens with one attached hydrogen (secondary N) is 1. The van der Waals surface area contributed by atoms with Gasteiger partial charge in [0.1, 0.15) is 23.9 Å². The van der Waals surface area contributed by atoms with Crippen molar-refractivity contribution in [2.45, 2.75) is 31.8 Å². The van der Waals surface area contributed by atoms with Crippen LogP contribution >= 0.6 is 0 Å². The molecule has 1 N–H and O–H groups in total. The van der Waals surface area contributed by atoms with Crippen molar-refractivity contribution in [1.82, 2.24) is 14.8 Å². The van der Waals surface area contributed by atoms with Gasteiger partial charge in [-0.1, -0.05) is 30.3 Å². The lowest BCUT2D eigenvalue weighted by molar-refractivity contribution is -0.132. The topological polar surface area (TPSA) is 74.9 Å². The second kappa shape index (κ2) is 11.6. The van der Waals surface area contributed by atoms with Crippen LogP contribution in [0.1, 0.15) is 34.3 Å². The maximum absolute atomic E-state index is 13.8. The SMILES string of the molecule is COc1cc(OC)cc(C(=O)N(CC(=O)N(CCc2c[nH]c3ccccc23)Cc2ccc(F)cc2)C2CC2)c1. The van der Waals surface area contributed by atoms with Gasteiger partial charge in [-0.05, 0) is 60.7 Å². The highest BCUT2D eigenvalue weighted by atomic mass is 19.1. The molecule has 7 nitrogen and oxygen atoms in total. The van der Waals surface area contributed by atoms with E-state index in [0.717, 1.165) is 34.9 Å². The molecule has 8 heteroatoms. The zero-order valence-corrected chi connectivity index (χ0v) is 22.2. The highest BCUT2D eigenvalue weighted by Crippen LogP contribution is 2.30. The predicted molar refractivity (Wildman–Crippen MR) is 147 cm³/mol. The Kier molecular flexibility index (Phi) is 7.81. The van der Waals surface area contributed by atoms with Gasteiger partial charge in [0.2, 0.25) is 5.91 Å². The van der Waals surface area contributed by atoms with E-state index in [1.54, 1.807) is 40.1 Å². The fourth-order valence-corrected chi connectivity index (χ4v) is 4.79. The van der Waals surface area contributed by atoms with Crippen molar-refractivity contribution < 1.29 is 23.5 Å². The quantitative estimate of drug-likeness (QED) is 0.290. The molecule has 202 valence electrons. The Bertz CT molecular complexity index is 1440. The largest absolute Gasteiger partial charge is 0.497 e. The van der Waals surface area contributed by atoms with Crippen LogP contribution < -0.4 is 9.47 Å². The van der Waals surface area contributed by atoms with E-state index in [9.17, 15) is 14.0 Å². The number of fused-ring (bicyclic) bond motifs is 1. The van der Waals surface area contributed by atoms with Gasteiger partial charge in [0.05, 0.1) is 14.2 Å². The molecule has 0 unspecified atom stereocenters. The molecule has 4 aromatic rings.